The van der Waals surface area contributed by atoms with E-state index in [4.69, 9.17) is 11.6 Å². The minimum Gasteiger partial charge on any atom is -0.327 e. The Labute approximate surface area is 183 Å². The Morgan fingerprint density at radius 1 is 1.33 bits per heavy atom. The number of pyridine rings is 1. The Morgan fingerprint density at radius 3 is 2.97 bits per heavy atom. The fourth-order valence-electron chi connectivity index (χ4n) is 4.31. The maximum atomic E-state index is 13.7. The van der Waals surface area contributed by atoms with E-state index >= 15 is 0 Å². The van der Waals surface area contributed by atoms with E-state index in [2.05, 4.69) is 28.7 Å². The fraction of sp³-hybridized carbons (Fsp3) is 0.400. The summed E-state index contributed by atoms with van der Waals surface area (Å²) in [5, 5.41) is 2.41. The van der Waals surface area contributed by atoms with Gasteiger partial charge in [-0.3, -0.25) is 9.30 Å². The van der Waals surface area contributed by atoms with E-state index in [9.17, 15) is 8.42 Å². The summed E-state index contributed by atoms with van der Waals surface area (Å²) >= 11 is 7.62. The first-order valence-corrected chi connectivity index (χ1v) is 12.7. The highest BCUT2D eigenvalue weighted by Gasteiger charge is 2.32. The summed E-state index contributed by atoms with van der Waals surface area (Å²) in [7, 11) is -3.90. The molecule has 0 amide bonds. The van der Waals surface area contributed by atoms with E-state index in [1.54, 1.807) is 34.4 Å². The molecule has 4 aromatic heterocycles. The molecule has 1 aliphatic rings. The van der Waals surface area contributed by atoms with Gasteiger partial charge in [0.05, 0.1) is 0 Å². The van der Waals surface area contributed by atoms with Crippen LogP contribution >= 0.6 is 22.9 Å². The van der Waals surface area contributed by atoms with Gasteiger partial charge < -0.3 is 4.57 Å². The third-order valence-corrected chi connectivity index (χ3v) is 8.76. The molecule has 5 rings (SSSR count). The van der Waals surface area contributed by atoms with Crippen molar-refractivity contribution in [2.75, 3.05) is 13.1 Å². The van der Waals surface area contributed by atoms with Gasteiger partial charge in [-0.05, 0) is 45.4 Å². The molecule has 0 aliphatic carbocycles. The number of rotatable bonds is 4. The summed E-state index contributed by atoms with van der Waals surface area (Å²) in [6, 6.07) is 4.20. The number of halogens is 1. The highest BCUT2D eigenvalue weighted by atomic mass is 35.5. The number of aromatic nitrogens is 4. The van der Waals surface area contributed by atoms with Gasteiger partial charge in [0, 0.05) is 48.0 Å². The molecule has 0 bridgehead atoms. The van der Waals surface area contributed by atoms with Gasteiger partial charge in [0.25, 0.3) is 0 Å². The van der Waals surface area contributed by atoms with E-state index < -0.39 is 9.84 Å². The maximum absolute atomic E-state index is 13.7. The van der Waals surface area contributed by atoms with Crippen LogP contribution in [0.15, 0.2) is 46.0 Å². The second-order valence-electron chi connectivity index (χ2n) is 7.93. The molecule has 1 atom stereocenters. The molecule has 0 N–H and O–H groups in total. The minimum atomic E-state index is -3.90. The van der Waals surface area contributed by atoms with E-state index in [0.717, 1.165) is 25.9 Å². The van der Waals surface area contributed by atoms with Crippen LogP contribution in [0.1, 0.15) is 32.7 Å². The van der Waals surface area contributed by atoms with E-state index in [1.165, 1.54) is 11.3 Å². The van der Waals surface area contributed by atoms with E-state index in [0.29, 0.717) is 22.0 Å². The molecule has 158 valence electrons. The van der Waals surface area contributed by atoms with Crippen LogP contribution in [0.3, 0.4) is 0 Å². The van der Waals surface area contributed by atoms with Gasteiger partial charge >= 0.3 is 0 Å². The molecular weight excluding hydrogens is 442 g/mol. The highest BCUT2D eigenvalue weighted by molar-refractivity contribution is 7.91. The zero-order valence-corrected chi connectivity index (χ0v) is 19.1. The first-order valence-electron chi connectivity index (χ1n) is 9.93. The standard InChI is InChI=1S/C20H22ClN5O2S2/c1-13(2)24-8-4-5-14(11-24)26-12-16(15-6-3-7-22-18(15)26)30(27,28)19-17(21)23-20-25(19)9-10-29-20/h3,6-7,9-10,12-14H,4-5,8,11H2,1-2H3. The van der Waals surface area contributed by atoms with E-state index in [-0.39, 0.29) is 21.1 Å². The van der Waals surface area contributed by atoms with Crippen LogP contribution in [0.25, 0.3) is 16.0 Å². The molecule has 4 aromatic rings. The quantitative estimate of drug-likeness (QED) is 0.451. The van der Waals surface area contributed by atoms with Crippen LogP contribution in [0.4, 0.5) is 0 Å². The molecule has 30 heavy (non-hydrogen) atoms. The van der Waals surface area contributed by atoms with Gasteiger partial charge in [-0.1, -0.05) is 11.6 Å². The van der Waals surface area contributed by atoms with Crippen molar-refractivity contribution in [3.63, 3.8) is 0 Å². The summed E-state index contributed by atoms with van der Waals surface area (Å²) in [5.74, 6) is 0. The summed E-state index contributed by atoms with van der Waals surface area (Å²) < 4.78 is 31.0. The molecule has 7 nitrogen and oxygen atoms in total. The largest absolute Gasteiger partial charge is 0.327 e. The molecule has 0 spiro atoms. The average molecular weight is 464 g/mol. The second-order valence-corrected chi connectivity index (χ2v) is 11.0. The summed E-state index contributed by atoms with van der Waals surface area (Å²) in [6.07, 6.45) is 7.20. The van der Waals surface area contributed by atoms with Gasteiger partial charge in [-0.2, -0.15) is 0 Å². The Hall–Kier alpha value is -1.94. The molecule has 1 aliphatic heterocycles. The predicted octanol–water partition coefficient (Wildman–Crippen LogP) is 4.28. The summed E-state index contributed by atoms with van der Waals surface area (Å²) in [4.78, 5) is 12.0. The van der Waals surface area contributed by atoms with Gasteiger partial charge in [0.2, 0.25) is 9.84 Å². The molecule has 0 aromatic carbocycles. The first kappa shape index (κ1) is 20.0. The van der Waals surface area contributed by atoms with Gasteiger partial charge in [0.1, 0.15) is 10.5 Å². The Kier molecular flexibility index (Phi) is 4.89. The summed E-state index contributed by atoms with van der Waals surface area (Å²) in [5.41, 5.74) is 0.689. The van der Waals surface area contributed by atoms with Crippen LogP contribution in [0.5, 0.6) is 0 Å². The lowest BCUT2D eigenvalue weighted by Gasteiger charge is -2.36. The van der Waals surface area contributed by atoms with Crippen molar-refractivity contribution >= 4 is 48.8 Å². The topological polar surface area (TPSA) is 72.5 Å². The van der Waals surface area contributed by atoms with Gasteiger partial charge in [-0.15, -0.1) is 11.3 Å². The van der Waals surface area contributed by atoms with Gasteiger partial charge in [0.15, 0.2) is 15.1 Å². The number of sulfone groups is 1. The molecular formula is C20H22ClN5O2S2. The molecule has 10 heteroatoms. The summed E-state index contributed by atoms with van der Waals surface area (Å²) in [6.45, 7) is 6.32. The molecule has 1 unspecified atom stereocenters. The average Bonchev–Trinajstić information content (AvgIpc) is 3.40. The number of imidazole rings is 1. The first-order chi connectivity index (χ1) is 14.4. The van der Waals surface area contributed by atoms with Crippen LogP contribution in [-0.2, 0) is 9.84 Å². The SMILES string of the molecule is CC(C)N1CCCC(n2cc(S(=O)(=O)c3c(Cl)nc4sccn34)c3cccnc32)C1. The third kappa shape index (κ3) is 3.07. The van der Waals surface area contributed by atoms with Crippen LogP contribution in [-0.4, -0.2) is 51.4 Å². The van der Waals surface area contributed by atoms with Crippen molar-refractivity contribution in [2.24, 2.45) is 0 Å². The third-order valence-electron chi connectivity index (χ3n) is 5.83. The number of thiazole rings is 1. The second kappa shape index (κ2) is 7.33. The lowest BCUT2D eigenvalue weighted by molar-refractivity contribution is 0.144. The van der Waals surface area contributed by atoms with Crippen molar-refractivity contribution in [3.8, 4) is 0 Å². The zero-order valence-electron chi connectivity index (χ0n) is 16.7. The van der Waals surface area contributed by atoms with Crippen LogP contribution < -0.4 is 0 Å². The van der Waals surface area contributed by atoms with E-state index in [1.807, 2.05) is 10.6 Å². The van der Waals surface area contributed by atoms with Crippen molar-refractivity contribution in [1.82, 2.24) is 23.8 Å². The Bertz CT molecular complexity index is 1340. The maximum Gasteiger partial charge on any atom is 0.227 e. The number of piperidine rings is 1. The minimum absolute atomic E-state index is 0.00436. The smallest absolute Gasteiger partial charge is 0.227 e. The number of likely N-dealkylation sites (tertiary alicyclic amines) is 1. The van der Waals surface area contributed by atoms with Crippen molar-refractivity contribution < 1.29 is 8.42 Å². The molecule has 0 radical (unpaired) electrons. The zero-order chi connectivity index (χ0) is 21.0. The molecule has 1 fully saturated rings. The lowest BCUT2D eigenvalue weighted by Crippen LogP contribution is -2.40. The predicted molar refractivity (Wildman–Crippen MR) is 118 cm³/mol. The fourth-order valence-corrected chi connectivity index (χ4v) is 7.19. The Balaban J connectivity index is 1.68. The van der Waals surface area contributed by atoms with Crippen molar-refractivity contribution in [1.29, 1.82) is 0 Å². The van der Waals surface area contributed by atoms with Crippen molar-refractivity contribution in [2.45, 2.75) is 48.7 Å². The Morgan fingerprint density at radius 2 is 2.17 bits per heavy atom. The highest BCUT2D eigenvalue weighted by Crippen LogP contribution is 2.36. The van der Waals surface area contributed by atoms with Crippen LogP contribution in [0.2, 0.25) is 5.15 Å². The normalized spacial score (nSPS) is 18.7. The number of hydrogen-bond acceptors (Lipinski definition) is 6. The molecule has 1 saturated heterocycles. The number of nitrogens with zero attached hydrogens (tertiary/aromatic N) is 5. The number of fused-ring (bicyclic) bond motifs is 2. The monoisotopic (exact) mass is 463 g/mol. The molecule has 0 saturated carbocycles. The van der Waals surface area contributed by atoms with Gasteiger partial charge in [-0.25, -0.2) is 18.4 Å². The van der Waals surface area contributed by atoms with Crippen molar-refractivity contribution in [3.05, 3.63) is 41.3 Å². The van der Waals surface area contributed by atoms with Crippen LogP contribution in [0, 0.1) is 0 Å². The lowest BCUT2D eigenvalue weighted by atomic mass is 10.0. The number of hydrogen-bond donors (Lipinski definition) is 0. The molecule has 5 heterocycles.